The van der Waals surface area contributed by atoms with Crippen molar-refractivity contribution in [3.63, 3.8) is 0 Å². The molecule has 1 aliphatic rings. The van der Waals surface area contributed by atoms with E-state index in [1.165, 1.54) is 37.0 Å². The van der Waals surface area contributed by atoms with Crippen LogP contribution in [0.3, 0.4) is 0 Å². The van der Waals surface area contributed by atoms with Crippen LogP contribution in [0.1, 0.15) is 48.8 Å². The summed E-state index contributed by atoms with van der Waals surface area (Å²) in [5, 5.41) is 12.4. The van der Waals surface area contributed by atoms with Crippen LogP contribution in [0.2, 0.25) is 0 Å². The summed E-state index contributed by atoms with van der Waals surface area (Å²) in [6.45, 7) is 3.17. The molecule has 1 aromatic rings. The summed E-state index contributed by atoms with van der Waals surface area (Å²) in [6, 6.07) is 3.97. The molecule has 4 heteroatoms. The Bertz CT molecular complexity index is 408. The minimum atomic E-state index is -0.754. The van der Waals surface area contributed by atoms with Gasteiger partial charge in [0.15, 0.2) is 0 Å². The Hall–Kier alpha value is -0.870. The quantitative estimate of drug-likeness (QED) is 0.861. The van der Waals surface area contributed by atoms with Crippen molar-refractivity contribution < 1.29 is 9.90 Å². The number of carboxylic acid groups (broad SMARTS) is 1. The number of hydrogen-bond donors (Lipinski definition) is 2. The Kier molecular flexibility index (Phi) is 4.40. The molecule has 0 aliphatic heterocycles. The molecule has 0 bridgehead atoms. The molecule has 1 fully saturated rings. The maximum absolute atomic E-state index is 10.6. The van der Waals surface area contributed by atoms with E-state index >= 15 is 0 Å². The van der Waals surface area contributed by atoms with E-state index in [1.54, 1.807) is 11.3 Å². The van der Waals surface area contributed by atoms with Crippen molar-refractivity contribution in [3.8, 4) is 0 Å². The zero-order valence-corrected chi connectivity index (χ0v) is 11.7. The lowest BCUT2D eigenvalue weighted by Crippen LogP contribution is -2.43. The predicted octanol–water partition coefficient (Wildman–Crippen LogP) is 3.19. The van der Waals surface area contributed by atoms with Gasteiger partial charge in [-0.25, -0.2) is 0 Å². The highest BCUT2D eigenvalue weighted by Crippen LogP contribution is 2.28. The van der Waals surface area contributed by atoms with E-state index in [0.717, 1.165) is 11.4 Å². The fraction of sp³-hybridized carbons (Fsp3) is 0.643. The van der Waals surface area contributed by atoms with E-state index in [2.05, 4.69) is 12.2 Å². The van der Waals surface area contributed by atoms with E-state index in [0.29, 0.717) is 0 Å². The van der Waals surface area contributed by atoms with Gasteiger partial charge in [-0.2, -0.15) is 0 Å². The van der Waals surface area contributed by atoms with Gasteiger partial charge in [0, 0.05) is 21.8 Å². The van der Waals surface area contributed by atoms with Gasteiger partial charge in [-0.3, -0.25) is 4.79 Å². The molecule has 2 N–H and O–H groups in total. The number of nitrogens with one attached hydrogen (secondary N) is 1. The summed E-state index contributed by atoms with van der Waals surface area (Å²) < 4.78 is 0. The summed E-state index contributed by atoms with van der Waals surface area (Å²) in [4.78, 5) is 12.8. The van der Waals surface area contributed by atoms with Crippen molar-refractivity contribution in [1.29, 1.82) is 0 Å². The number of hydrogen-bond acceptors (Lipinski definition) is 3. The molecule has 1 aromatic heterocycles. The van der Waals surface area contributed by atoms with Crippen molar-refractivity contribution in [1.82, 2.24) is 5.32 Å². The highest BCUT2D eigenvalue weighted by atomic mass is 32.1. The molecule has 0 saturated heterocycles. The molecule has 0 amide bonds. The molecular formula is C14H21NO2S. The minimum absolute atomic E-state index is 0.141. The Balaban J connectivity index is 1.85. The van der Waals surface area contributed by atoms with Crippen LogP contribution in [0.15, 0.2) is 12.1 Å². The summed E-state index contributed by atoms with van der Waals surface area (Å²) >= 11 is 1.61. The van der Waals surface area contributed by atoms with Gasteiger partial charge >= 0.3 is 5.97 Å². The molecule has 0 atom stereocenters. The first-order valence-electron chi connectivity index (χ1n) is 6.62. The Morgan fingerprint density at radius 3 is 2.67 bits per heavy atom. The summed E-state index contributed by atoms with van der Waals surface area (Å²) in [6.07, 6.45) is 6.64. The highest BCUT2D eigenvalue weighted by molar-refractivity contribution is 7.12. The number of carbonyl (C=O) groups is 1. The average Bonchev–Trinajstić information content (AvgIpc) is 2.74. The van der Waals surface area contributed by atoms with Gasteiger partial charge in [-0.1, -0.05) is 19.3 Å². The normalized spacial score (nSPS) is 18.7. The van der Waals surface area contributed by atoms with Gasteiger partial charge in [-0.15, -0.1) is 11.3 Å². The highest BCUT2D eigenvalue weighted by Gasteiger charge is 2.25. The fourth-order valence-corrected chi connectivity index (χ4v) is 3.52. The lowest BCUT2D eigenvalue weighted by atomic mass is 9.83. The molecule has 0 aromatic carbocycles. The summed E-state index contributed by atoms with van der Waals surface area (Å²) in [5.74, 6) is -0.754. The molecule has 0 radical (unpaired) electrons. The third-order valence-electron chi connectivity index (χ3n) is 3.69. The van der Waals surface area contributed by atoms with Crippen LogP contribution in [0.5, 0.6) is 0 Å². The van der Waals surface area contributed by atoms with Crippen LogP contribution in [0.4, 0.5) is 0 Å². The van der Waals surface area contributed by atoms with E-state index in [1.807, 2.05) is 12.1 Å². The van der Waals surface area contributed by atoms with Crippen molar-refractivity contribution in [3.05, 3.63) is 21.9 Å². The topological polar surface area (TPSA) is 49.3 Å². The average molecular weight is 267 g/mol. The van der Waals surface area contributed by atoms with Crippen molar-refractivity contribution in [2.45, 2.75) is 57.5 Å². The number of rotatable bonds is 5. The first kappa shape index (κ1) is 13.6. The molecule has 100 valence electrons. The molecular weight excluding hydrogens is 246 g/mol. The zero-order valence-electron chi connectivity index (χ0n) is 10.9. The van der Waals surface area contributed by atoms with Gasteiger partial charge in [0.25, 0.3) is 0 Å². The van der Waals surface area contributed by atoms with Crippen LogP contribution >= 0.6 is 11.3 Å². The minimum Gasteiger partial charge on any atom is -0.481 e. The second-order valence-corrected chi connectivity index (χ2v) is 6.67. The monoisotopic (exact) mass is 267 g/mol. The van der Waals surface area contributed by atoms with E-state index in [9.17, 15) is 4.79 Å². The Labute approximate surface area is 112 Å². The maximum Gasteiger partial charge on any atom is 0.308 e. The third kappa shape index (κ3) is 3.82. The van der Waals surface area contributed by atoms with Crippen LogP contribution in [0, 0.1) is 0 Å². The molecule has 0 spiro atoms. The third-order valence-corrected chi connectivity index (χ3v) is 4.77. The van der Waals surface area contributed by atoms with Gasteiger partial charge < -0.3 is 10.4 Å². The standard InChI is InChI=1S/C14H21NO2S/c1-14(7-3-2-4-8-14)15-10-12-6-5-11(18-12)9-13(16)17/h5-6,15H,2-4,7-10H2,1H3,(H,16,17). The van der Waals surface area contributed by atoms with Gasteiger partial charge in [0.05, 0.1) is 6.42 Å². The van der Waals surface area contributed by atoms with Crippen LogP contribution in [-0.4, -0.2) is 16.6 Å². The predicted molar refractivity (Wildman–Crippen MR) is 74.0 cm³/mol. The van der Waals surface area contributed by atoms with Crippen LogP contribution < -0.4 is 5.32 Å². The van der Waals surface area contributed by atoms with Crippen molar-refractivity contribution in [2.24, 2.45) is 0 Å². The Morgan fingerprint density at radius 1 is 1.33 bits per heavy atom. The van der Waals surface area contributed by atoms with E-state index < -0.39 is 5.97 Å². The van der Waals surface area contributed by atoms with Crippen molar-refractivity contribution >= 4 is 17.3 Å². The number of aliphatic carboxylic acids is 1. The fourth-order valence-electron chi connectivity index (χ4n) is 2.57. The first-order valence-corrected chi connectivity index (χ1v) is 7.43. The molecule has 3 nitrogen and oxygen atoms in total. The van der Waals surface area contributed by atoms with Gasteiger partial charge in [0.2, 0.25) is 0 Å². The number of thiophene rings is 1. The molecule has 18 heavy (non-hydrogen) atoms. The van der Waals surface area contributed by atoms with E-state index in [-0.39, 0.29) is 12.0 Å². The smallest absolute Gasteiger partial charge is 0.308 e. The molecule has 1 heterocycles. The van der Waals surface area contributed by atoms with E-state index in [4.69, 9.17) is 5.11 Å². The lowest BCUT2D eigenvalue weighted by Gasteiger charge is -2.34. The number of carboxylic acids is 1. The summed E-state index contributed by atoms with van der Waals surface area (Å²) in [5.41, 5.74) is 0.273. The van der Waals surface area contributed by atoms with Crippen LogP contribution in [-0.2, 0) is 17.8 Å². The Morgan fingerprint density at radius 2 is 2.00 bits per heavy atom. The summed E-state index contributed by atoms with van der Waals surface area (Å²) in [7, 11) is 0. The van der Waals surface area contributed by atoms with Crippen LogP contribution in [0.25, 0.3) is 0 Å². The second kappa shape index (κ2) is 5.85. The molecule has 1 saturated carbocycles. The second-order valence-electron chi connectivity index (χ2n) is 5.41. The zero-order chi connectivity index (χ0) is 13.0. The van der Waals surface area contributed by atoms with Gasteiger partial charge in [0.1, 0.15) is 0 Å². The largest absolute Gasteiger partial charge is 0.481 e. The molecule has 1 aliphatic carbocycles. The molecule has 2 rings (SSSR count). The van der Waals surface area contributed by atoms with Gasteiger partial charge in [-0.05, 0) is 31.9 Å². The van der Waals surface area contributed by atoms with Crippen molar-refractivity contribution in [2.75, 3.05) is 0 Å². The molecule has 0 unspecified atom stereocenters. The lowest BCUT2D eigenvalue weighted by molar-refractivity contribution is -0.136. The maximum atomic E-state index is 10.6. The SMILES string of the molecule is CC1(NCc2ccc(CC(=O)O)s2)CCCCC1. The first-order chi connectivity index (χ1) is 8.57.